The molecule has 0 amide bonds. The predicted molar refractivity (Wildman–Crippen MR) is 81.8 cm³/mol. The van der Waals surface area contributed by atoms with Crippen LogP contribution in [-0.4, -0.2) is 42.1 Å². The molecule has 104 valence electrons. The van der Waals surface area contributed by atoms with E-state index < -0.39 is 0 Å². The summed E-state index contributed by atoms with van der Waals surface area (Å²) in [6.45, 7) is 9.11. The van der Waals surface area contributed by atoms with Crippen LogP contribution in [-0.2, 0) is 0 Å². The Morgan fingerprint density at radius 2 is 2.26 bits per heavy atom. The molecule has 2 bridgehead atoms. The van der Waals surface area contributed by atoms with Crippen molar-refractivity contribution >= 4 is 16.5 Å². The Kier molecular flexibility index (Phi) is 3.89. The molecule has 19 heavy (non-hydrogen) atoms. The molecule has 4 heterocycles. The first-order valence-corrected chi connectivity index (χ1v) is 8.12. The number of fused-ring (bicyclic) bond motifs is 4. The van der Waals surface area contributed by atoms with Gasteiger partial charge in [-0.1, -0.05) is 11.6 Å². The number of hydrogen-bond donors (Lipinski definition) is 0. The number of anilines is 1. The molecule has 0 unspecified atom stereocenters. The van der Waals surface area contributed by atoms with Crippen LogP contribution in [0.5, 0.6) is 0 Å². The number of rotatable bonds is 3. The molecular weight excluding hydrogens is 254 g/mol. The van der Waals surface area contributed by atoms with Crippen molar-refractivity contribution in [2.45, 2.75) is 32.7 Å². The molecule has 2 atom stereocenters. The SMILES string of the molecule is CC(C)=CCN1C[C@H]2CC[C@@H]1CN(c1nccs1)C2. The molecule has 0 N–H and O–H groups in total. The summed E-state index contributed by atoms with van der Waals surface area (Å²) in [5.74, 6) is 0.813. The fourth-order valence-electron chi connectivity index (χ4n) is 3.23. The minimum Gasteiger partial charge on any atom is -0.346 e. The summed E-state index contributed by atoms with van der Waals surface area (Å²) < 4.78 is 0. The van der Waals surface area contributed by atoms with Crippen molar-refractivity contribution in [1.29, 1.82) is 0 Å². The number of piperidine rings is 1. The molecule has 0 aromatic carbocycles. The molecular formula is C15H23N3S. The van der Waals surface area contributed by atoms with Gasteiger partial charge in [0.1, 0.15) is 0 Å². The number of nitrogens with zero attached hydrogens (tertiary/aromatic N) is 3. The Morgan fingerprint density at radius 3 is 3.00 bits per heavy atom. The fraction of sp³-hybridized carbons (Fsp3) is 0.667. The number of allylic oxidation sites excluding steroid dienone is 1. The van der Waals surface area contributed by atoms with E-state index in [2.05, 4.69) is 40.1 Å². The van der Waals surface area contributed by atoms with E-state index >= 15 is 0 Å². The van der Waals surface area contributed by atoms with Crippen LogP contribution in [0.4, 0.5) is 5.13 Å². The van der Waals surface area contributed by atoms with E-state index in [0.29, 0.717) is 6.04 Å². The van der Waals surface area contributed by atoms with Crippen molar-refractivity contribution < 1.29 is 0 Å². The Labute approximate surface area is 119 Å². The summed E-state index contributed by atoms with van der Waals surface area (Å²) in [6.07, 6.45) is 7.03. The van der Waals surface area contributed by atoms with E-state index in [-0.39, 0.29) is 0 Å². The Bertz CT molecular complexity index is 436. The standard InChI is InChI=1S/C15H23N3S/c1-12(2)5-7-17-9-13-3-4-14(17)11-18(10-13)15-16-6-8-19-15/h5-6,8,13-14H,3-4,7,9-11H2,1-2H3/t13-,14-/m1/s1. The third kappa shape index (κ3) is 3.00. The summed E-state index contributed by atoms with van der Waals surface area (Å²) in [7, 11) is 0. The minimum atomic E-state index is 0.707. The van der Waals surface area contributed by atoms with Crippen LogP contribution in [0.1, 0.15) is 26.7 Å². The van der Waals surface area contributed by atoms with Crippen molar-refractivity contribution in [3.05, 3.63) is 23.2 Å². The van der Waals surface area contributed by atoms with E-state index in [1.807, 2.05) is 6.20 Å². The van der Waals surface area contributed by atoms with Gasteiger partial charge in [-0.2, -0.15) is 0 Å². The lowest BCUT2D eigenvalue weighted by molar-refractivity contribution is 0.149. The van der Waals surface area contributed by atoms with Gasteiger partial charge in [-0.05, 0) is 32.6 Å². The minimum absolute atomic E-state index is 0.707. The first-order valence-electron chi connectivity index (χ1n) is 7.24. The topological polar surface area (TPSA) is 19.4 Å². The maximum atomic E-state index is 4.49. The molecule has 1 aromatic rings. The van der Waals surface area contributed by atoms with E-state index in [9.17, 15) is 0 Å². The molecule has 0 spiro atoms. The molecule has 3 saturated heterocycles. The van der Waals surface area contributed by atoms with Gasteiger partial charge in [0.2, 0.25) is 0 Å². The normalized spacial score (nSPS) is 27.4. The van der Waals surface area contributed by atoms with Crippen LogP contribution < -0.4 is 4.90 Å². The van der Waals surface area contributed by atoms with Crippen LogP contribution >= 0.6 is 11.3 Å². The molecule has 3 aliphatic rings. The highest BCUT2D eigenvalue weighted by Crippen LogP contribution is 2.31. The lowest BCUT2D eigenvalue weighted by Gasteiger charge is -2.35. The van der Waals surface area contributed by atoms with E-state index in [4.69, 9.17) is 0 Å². The second-order valence-electron chi connectivity index (χ2n) is 6.05. The Hall–Kier alpha value is -0.870. The highest BCUT2D eigenvalue weighted by Gasteiger charge is 2.34. The first kappa shape index (κ1) is 13.1. The number of thiazole rings is 1. The van der Waals surface area contributed by atoms with E-state index in [0.717, 1.165) is 19.0 Å². The second-order valence-corrected chi connectivity index (χ2v) is 6.93. The van der Waals surface area contributed by atoms with Gasteiger partial charge in [-0.15, -0.1) is 11.3 Å². The van der Waals surface area contributed by atoms with Gasteiger partial charge in [0.05, 0.1) is 0 Å². The summed E-state index contributed by atoms with van der Waals surface area (Å²) >= 11 is 1.77. The summed E-state index contributed by atoms with van der Waals surface area (Å²) in [5.41, 5.74) is 1.43. The van der Waals surface area contributed by atoms with Crippen molar-refractivity contribution in [3.63, 3.8) is 0 Å². The summed E-state index contributed by atoms with van der Waals surface area (Å²) in [4.78, 5) is 9.68. The lowest BCUT2D eigenvalue weighted by Crippen LogP contribution is -2.43. The molecule has 1 aromatic heterocycles. The molecule has 0 radical (unpaired) electrons. The lowest BCUT2D eigenvalue weighted by atomic mass is 9.95. The van der Waals surface area contributed by atoms with Crippen molar-refractivity contribution in [3.8, 4) is 0 Å². The average Bonchev–Trinajstić information content (AvgIpc) is 2.78. The molecule has 4 rings (SSSR count). The van der Waals surface area contributed by atoms with Crippen LogP contribution in [0, 0.1) is 5.92 Å². The van der Waals surface area contributed by atoms with Crippen LogP contribution in [0.2, 0.25) is 0 Å². The van der Waals surface area contributed by atoms with Gasteiger partial charge in [0.25, 0.3) is 0 Å². The Morgan fingerprint density at radius 1 is 1.37 bits per heavy atom. The van der Waals surface area contributed by atoms with Crippen LogP contribution in [0.25, 0.3) is 0 Å². The third-order valence-electron chi connectivity index (χ3n) is 4.25. The zero-order chi connectivity index (χ0) is 13.2. The van der Waals surface area contributed by atoms with E-state index in [1.54, 1.807) is 11.3 Å². The summed E-state index contributed by atoms with van der Waals surface area (Å²) in [6, 6.07) is 0.707. The number of aromatic nitrogens is 1. The average molecular weight is 277 g/mol. The molecule has 0 saturated carbocycles. The third-order valence-corrected chi connectivity index (χ3v) is 5.08. The van der Waals surface area contributed by atoms with Crippen LogP contribution in [0.3, 0.4) is 0 Å². The van der Waals surface area contributed by atoms with Gasteiger partial charge in [0, 0.05) is 43.8 Å². The van der Waals surface area contributed by atoms with Gasteiger partial charge < -0.3 is 4.90 Å². The van der Waals surface area contributed by atoms with Crippen LogP contribution in [0.15, 0.2) is 23.2 Å². The quantitative estimate of drug-likeness (QED) is 0.792. The van der Waals surface area contributed by atoms with Crippen molar-refractivity contribution in [2.24, 2.45) is 5.92 Å². The monoisotopic (exact) mass is 277 g/mol. The molecule has 4 heteroatoms. The second kappa shape index (κ2) is 5.63. The van der Waals surface area contributed by atoms with Gasteiger partial charge in [0.15, 0.2) is 5.13 Å². The Balaban J connectivity index is 1.72. The highest BCUT2D eigenvalue weighted by molar-refractivity contribution is 7.13. The zero-order valence-electron chi connectivity index (χ0n) is 11.9. The molecule has 0 aliphatic carbocycles. The van der Waals surface area contributed by atoms with Gasteiger partial charge in [-0.3, -0.25) is 4.90 Å². The largest absolute Gasteiger partial charge is 0.346 e. The number of hydrogen-bond acceptors (Lipinski definition) is 4. The smallest absolute Gasteiger partial charge is 0.185 e. The molecule has 3 nitrogen and oxygen atoms in total. The molecule has 3 aliphatic heterocycles. The molecule has 3 fully saturated rings. The fourth-order valence-corrected chi connectivity index (χ4v) is 3.89. The summed E-state index contributed by atoms with van der Waals surface area (Å²) in [5, 5.41) is 3.30. The van der Waals surface area contributed by atoms with E-state index in [1.165, 1.54) is 36.6 Å². The predicted octanol–water partition coefficient (Wildman–Crippen LogP) is 3.01. The van der Waals surface area contributed by atoms with Crippen molar-refractivity contribution in [2.75, 3.05) is 31.1 Å². The van der Waals surface area contributed by atoms with Crippen molar-refractivity contribution in [1.82, 2.24) is 9.88 Å². The van der Waals surface area contributed by atoms with Gasteiger partial charge >= 0.3 is 0 Å². The van der Waals surface area contributed by atoms with Gasteiger partial charge in [-0.25, -0.2) is 4.98 Å². The maximum absolute atomic E-state index is 4.49. The maximum Gasteiger partial charge on any atom is 0.185 e. The first-order chi connectivity index (χ1) is 9.22. The highest BCUT2D eigenvalue weighted by atomic mass is 32.1. The zero-order valence-corrected chi connectivity index (χ0v) is 12.7.